The summed E-state index contributed by atoms with van der Waals surface area (Å²) in [7, 11) is 0. The van der Waals surface area contributed by atoms with Crippen molar-refractivity contribution in [3.05, 3.63) is 42.2 Å². The number of benzene rings is 1. The lowest BCUT2D eigenvalue weighted by atomic mass is 10.1. The van der Waals surface area contributed by atoms with Crippen molar-refractivity contribution in [2.24, 2.45) is 0 Å². The first kappa shape index (κ1) is 10.9. The maximum Gasteiger partial charge on any atom is 0.119 e. The molecule has 0 atom stereocenters. The Kier molecular flexibility index (Phi) is 2.55. The lowest BCUT2D eigenvalue weighted by molar-refractivity contribution is 0.665. The molecule has 0 unspecified atom stereocenters. The average Bonchev–Trinajstić information content (AvgIpc) is 2.88. The van der Waals surface area contributed by atoms with Crippen molar-refractivity contribution >= 4 is 10.8 Å². The summed E-state index contributed by atoms with van der Waals surface area (Å²) in [4.78, 5) is 0. The van der Waals surface area contributed by atoms with E-state index in [-0.39, 0.29) is 0 Å². The monoisotopic (exact) mass is 238 g/mol. The van der Waals surface area contributed by atoms with Crippen molar-refractivity contribution in [1.82, 2.24) is 20.0 Å². The maximum atomic E-state index is 4.35. The van der Waals surface area contributed by atoms with Crippen LogP contribution in [0.25, 0.3) is 22.2 Å². The molecule has 0 aliphatic heterocycles. The molecule has 4 heteroatoms. The van der Waals surface area contributed by atoms with Gasteiger partial charge >= 0.3 is 0 Å². The van der Waals surface area contributed by atoms with Gasteiger partial charge in [0.2, 0.25) is 0 Å². The molecule has 90 valence electrons. The van der Waals surface area contributed by atoms with E-state index >= 15 is 0 Å². The van der Waals surface area contributed by atoms with Crippen molar-refractivity contribution in [3.63, 3.8) is 0 Å². The molecule has 0 N–H and O–H groups in total. The minimum absolute atomic E-state index is 0.826. The van der Waals surface area contributed by atoms with E-state index in [1.165, 1.54) is 0 Å². The van der Waals surface area contributed by atoms with Crippen molar-refractivity contribution in [2.45, 2.75) is 20.4 Å². The van der Waals surface area contributed by atoms with Crippen LogP contribution >= 0.6 is 0 Å². The van der Waals surface area contributed by atoms with E-state index in [0.29, 0.717) is 0 Å². The number of aryl methyl sites for hydroxylation is 2. The van der Waals surface area contributed by atoms with Gasteiger partial charge in [-0.15, -0.1) is 5.10 Å². The molecular weight excluding hydrogens is 224 g/mol. The van der Waals surface area contributed by atoms with E-state index in [9.17, 15) is 0 Å². The molecule has 0 saturated carbocycles. The van der Waals surface area contributed by atoms with Gasteiger partial charge in [-0.05, 0) is 19.9 Å². The van der Waals surface area contributed by atoms with Gasteiger partial charge in [0.15, 0.2) is 0 Å². The molecule has 1 aromatic carbocycles. The Labute approximate surface area is 105 Å². The fraction of sp³-hybridized carbons (Fsp3) is 0.214. The average molecular weight is 238 g/mol. The van der Waals surface area contributed by atoms with Crippen LogP contribution in [0, 0.1) is 6.92 Å². The molecule has 0 bridgehead atoms. The highest BCUT2D eigenvalue weighted by Crippen LogP contribution is 2.26. The fourth-order valence-corrected chi connectivity index (χ4v) is 2.21. The van der Waals surface area contributed by atoms with Crippen LogP contribution < -0.4 is 0 Å². The summed E-state index contributed by atoms with van der Waals surface area (Å²) in [6.45, 7) is 4.88. The first-order chi connectivity index (χ1) is 8.81. The summed E-state index contributed by atoms with van der Waals surface area (Å²) in [6, 6.07) is 10.2. The minimum atomic E-state index is 0.826. The lowest BCUT2D eigenvalue weighted by Crippen LogP contribution is -2.02. The van der Waals surface area contributed by atoms with E-state index in [0.717, 1.165) is 34.4 Å². The first-order valence-electron chi connectivity index (χ1n) is 6.05. The van der Waals surface area contributed by atoms with Crippen molar-refractivity contribution in [2.75, 3.05) is 0 Å². The summed E-state index contributed by atoms with van der Waals surface area (Å²) < 4.78 is 1.94. The molecule has 3 aromatic rings. The summed E-state index contributed by atoms with van der Waals surface area (Å²) >= 11 is 0. The molecule has 0 saturated heterocycles. The van der Waals surface area contributed by atoms with E-state index in [2.05, 4.69) is 34.4 Å². The second-order valence-corrected chi connectivity index (χ2v) is 4.21. The van der Waals surface area contributed by atoms with Gasteiger partial charge in [-0.2, -0.15) is 10.2 Å². The molecular formula is C14H14N4. The zero-order valence-corrected chi connectivity index (χ0v) is 10.5. The molecule has 0 spiro atoms. The van der Waals surface area contributed by atoms with E-state index in [1.54, 1.807) is 6.20 Å². The topological polar surface area (TPSA) is 43.6 Å². The van der Waals surface area contributed by atoms with Crippen LogP contribution in [0.4, 0.5) is 0 Å². The van der Waals surface area contributed by atoms with Gasteiger partial charge in [-0.3, -0.25) is 4.68 Å². The van der Waals surface area contributed by atoms with Gasteiger partial charge in [-0.1, -0.05) is 24.3 Å². The van der Waals surface area contributed by atoms with Gasteiger partial charge < -0.3 is 0 Å². The van der Waals surface area contributed by atoms with E-state index in [4.69, 9.17) is 0 Å². The van der Waals surface area contributed by atoms with Crippen molar-refractivity contribution < 1.29 is 0 Å². The maximum absolute atomic E-state index is 4.35. The second-order valence-electron chi connectivity index (χ2n) is 4.21. The predicted octanol–water partition coefficient (Wildman–Crippen LogP) is 2.82. The van der Waals surface area contributed by atoms with E-state index < -0.39 is 0 Å². The van der Waals surface area contributed by atoms with Gasteiger partial charge in [0.05, 0.1) is 11.4 Å². The van der Waals surface area contributed by atoms with Crippen LogP contribution in [0.2, 0.25) is 0 Å². The van der Waals surface area contributed by atoms with Crippen LogP contribution in [0.1, 0.15) is 12.6 Å². The molecule has 0 fully saturated rings. The number of nitrogens with zero attached hydrogens (tertiary/aromatic N) is 4. The third-order valence-electron chi connectivity index (χ3n) is 3.13. The summed E-state index contributed by atoms with van der Waals surface area (Å²) in [5.41, 5.74) is 2.87. The Hall–Kier alpha value is -2.23. The fourth-order valence-electron chi connectivity index (χ4n) is 2.21. The zero-order valence-electron chi connectivity index (χ0n) is 10.5. The Morgan fingerprint density at radius 2 is 1.83 bits per heavy atom. The lowest BCUT2D eigenvalue weighted by Gasteiger charge is -2.08. The summed E-state index contributed by atoms with van der Waals surface area (Å²) in [5, 5.41) is 15.2. The molecule has 2 aromatic heterocycles. The second kappa shape index (κ2) is 4.22. The van der Waals surface area contributed by atoms with Crippen LogP contribution in [0.5, 0.6) is 0 Å². The van der Waals surface area contributed by atoms with E-state index in [1.807, 2.05) is 29.8 Å². The number of fused-ring (bicyclic) bond motifs is 1. The van der Waals surface area contributed by atoms with Gasteiger partial charge in [0.1, 0.15) is 5.69 Å². The number of rotatable bonds is 2. The number of hydrogen-bond donors (Lipinski definition) is 0. The van der Waals surface area contributed by atoms with Crippen LogP contribution in [0.15, 0.2) is 36.5 Å². The predicted molar refractivity (Wildman–Crippen MR) is 71.2 cm³/mol. The van der Waals surface area contributed by atoms with Crippen LogP contribution in [-0.2, 0) is 6.54 Å². The summed E-state index contributed by atoms with van der Waals surface area (Å²) in [5.74, 6) is 0. The Morgan fingerprint density at radius 3 is 2.61 bits per heavy atom. The Balaban J connectivity index is 2.34. The Morgan fingerprint density at radius 1 is 1.06 bits per heavy atom. The standard InChI is InChI=1S/C14H14N4/c1-3-18-13(8-9-15-18)14-12-7-5-4-6-11(12)10(2)16-17-14/h4-9H,3H2,1-2H3. The molecule has 0 radical (unpaired) electrons. The number of aromatic nitrogens is 4. The molecule has 2 heterocycles. The Bertz CT molecular complexity index is 700. The minimum Gasteiger partial charge on any atom is -0.263 e. The number of hydrogen-bond acceptors (Lipinski definition) is 3. The molecule has 18 heavy (non-hydrogen) atoms. The van der Waals surface area contributed by atoms with Gasteiger partial charge in [0.25, 0.3) is 0 Å². The SMILES string of the molecule is CCn1nccc1-c1nnc(C)c2ccccc12. The highest BCUT2D eigenvalue weighted by molar-refractivity contribution is 5.94. The third-order valence-corrected chi connectivity index (χ3v) is 3.13. The molecule has 4 nitrogen and oxygen atoms in total. The van der Waals surface area contributed by atoms with Crippen molar-refractivity contribution in [3.8, 4) is 11.4 Å². The van der Waals surface area contributed by atoms with Crippen LogP contribution in [-0.4, -0.2) is 20.0 Å². The van der Waals surface area contributed by atoms with Crippen molar-refractivity contribution in [1.29, 1.82) is 0 Å². The molecule has 0 amide bonds. The zero-order chi connectivity index (χ0) is 12.5. The summed E-state index contributed by atoms with van der Waals surface area (Å²) in [6.07, 6.45) is 1.80. The third kappa shape index (κ3) is 1.57. The molecule has 0 aliphatic carbocycles. The smallest absolute Gasteiger partial charge is 0.119 e. The quantitative estimate of drug-likeness (QED) is 0.689. The van der Waals surface area contributed by atoms with Gasteiger partial charge in [-0.25, -0.2) is 0 Å². The largest absolute Gasteiger partial charge is 0.263 e. The molecule has 0 aliphatic rings. The molecule has 3 rings (SSSR count). The highest BCUT2D eigenvalue weighted by atomic mass is 15.3. The highest BCUT2D eigenvalue weighted by Gasteiger charge is 2.11. The first-order valence-corrected chi connectivity index (χ1v) is 6.05. The van der Waals surface area contributed by atoms with Crippen LogP contribution in [0.3, 0.4) is 0 Å². The van der Waals surface area contributed by atoms with Gasteiger partial charge in [0, 0.05) is 23.5 Å². The normalized spacial score (nSPS) is 11.0.